The van der Waals surface area contributed by atoms with Crippen LogP contribution in [0.15, 0.2) is 0 Å². The lowest BCUT2D eigenvalue weighted by Crippen LogP contribution is -2.48. The van der Waals surface area contributed by atoms with Gasteiger partial charge in [-0.3, -0.25) is 4.90 Å². The van der Waals surface area contributed by atoms with Gasteiger partial charge < -0.3 is 5.73 Å². The topological polar surface area (TPSA) is 29.3 Å². The molecule has 76 valence electrons. The van der Waals surface area contributed by atoms with Crippen LogP contribution in [0.5, 0.6) is 0 Å². The summed E-state index contributed by atoms with van der Waals surface area (Å²) >= 11 is 4.94. The lowest BCUT2D eigenvalue weighted by atomic mass is 9.86. The summed E-state index contributed by atoms with van der Waals surface area (Å²) < 4.78 is 0. The van der Waals surface area contributed by atoms with Crippen molar-refractivity contribution in [2.45, 2.75) is 33.2 Å². The monoisotopic (exact) mass is 200 g/mol. The van der Waals surface area contributed by atoms with Gasteiger partial charge in [0.15, 0.2) is 0 Å². The Kier molecular flexibility index (Phi) is 3.68. The molecule has 1 rings (SSSR count). The average Bonchev–Trinajstić information content (AvgIpc) is 1.98. The van der Waals surface area contributed by atoms with E-state index in [1.165, 1.54) is 6.42 Å². The van der Waals surface area contributed by atoms with Crippen LogP contribution in [0.3, 0.4) is 0 Å². The minimum absolute atomic E-state index is 0.619. The molecular formula is C10H20N2S. The van der Waals surface area contributed by atoms with Gasteiger partial charge in [-0.15, -0.1) is 0 Å². The first kappa shape index (κ1) is 10.9. The minimum Gasteiger partial charge on any atom is -0.392 e. The molecule has 0 bridgehead atoms. The van der Waals surface area contributed by atoms with Crippen molar-refractivity contribution < 1.29 is 0 Å². The van der Waals surface area contributed by atoms with E-state index in [2.05, 4.69) is 25.7 Å². The van der Waals surface area contributed by atoms with Crippen LogP contribution in [-0.2, 0) is 0 Å². The van der Waals surface area contributed by atoms with Gasteiger partial charge in [0.25, 0.3) is 0 Å². The van der Waals surface area contributed by atoms with Crippen LogP contribution in [0.4, 0.5) is 0 Å². The predicted octanol–water partition coefficient (Wildman–Crippen LogP) is 1.64. The van der Waals surface area contributed by atoms with Crippen molar-refractivity contribution in [1.29, 1.82) is 0 Å². The smallest absolute Gasteiger partial charge is 0.0870 e. The van der Waals surface area contributed by atoms with Crippen LogP contribution >= 0.6 is 12.2 Å². The van der Waals surface area contributed by atoms with Gasteiger partial charge in [0.05, 0.1) is 4.99 Å². The fourth-order valence-corrected chi connectivity index (χ4v) is 2.41. The van der Waals surface area contributed by atoms with Crippen molar-refractivity contribution in [1.82, 2.24) is 4.90 Å². The van der Waals surface area contributed by atoms with E-state index >= 15 is 0 Å². The first-order valence-electron chi connectivity index (χ1n) is 5.03. The standard InChI is InChI=1S/C10H20N2S/c1-7-4-8(2)9(3)12(5-7)6-10(11)13/h7-9H,4-6H2,1-3H3,(H2,11,13). The molecule has 3 unspecified atom stereocenters. The fraction of sp³-hybridized carbons (Fsp3) is 0.900. The molecule has 3 heteroatoms. The van der Waals surface area contributed by atoms with Crippen molar-refractivity contribution in [3.63, 3.8) is 0 Å². The van der Waals surface area contributed by atoms with Gasteiger partial charge in [-0.2, -0.15) is 0 Å². The Morgan fingerprint density at radius 2 is 2.08 bits per heavy atom. The van der Waals surface area contributed by atoms with Crippen LogP contribution in [-0.4, -0.2) is 29.0 Å². The third kappa shape index (κ3) is 2.92. The van der Waals surface area contributed by atoms with E-state index < -0.39 is 0 Å². The molecule has 0 saturated carbocycles. The third-order valence-electron chi connectivity index (χ3n) is 3.08. The normalized spacial score (nSPS) is 36.1. The molecule has 1 saturated heterocycles. The highest BCUT2D eigenvalue weighted by Crippen LogP contribution is 2.26. The van der Waals surface area contributed by atoms with E-state index in [1.54, 1.807) is 0 Å². The number of piperidine rings is 1. The zero-order valence-corrected chi connectivity index (χ0v) is 9.60. The lowest BCUT2D eigenvalue weighted by molar-refractivity contribution is 0.0957. The molecule has 0 spiro atoms. The summed E-state index contributed by atoms with van der Waals surface area (Å²) in [5.41, 5.74) is 5.57. The van der Waals surface area contributed by atoms with E-state index in [0.29, 0.717) is 11.0 Å². The van der Waals surface area contributed by atoms with Gasteiger partial charge in [0.2, 0.25) is 0 Å². The fourth-order valence-electron chi connectivity index (χ4n) is 2.24. The quantitative estimate of drug-likeness (QED) is 0.687. The molecule has 3 atom stereocenters. The first-order chi connectivity index (χ1) is 6.00. The molecule has 0 aromatic carbocycles. The highest BCUT2D eigenvalue weighted by molar-refractivity contribution is 7.80. The second kappa shape index (κ2) is 4.38. The van der Waals surface area contributed by atoms with Crippen molar-refractivity contribution in [3.8, 4) is 0 Å². The summed E-state index contributed by atoms with van der Waals surface area (Å²) in [5, 5.41) is 0. The van der Waals surface area contributed by atoms with Gasteiger partial charge in [0.1, 0.15) is 0 Å². The summed E-state index contributed by atoms with van der Waals surface area (Å²) in [5.74, 6) is 1.54. The maximum absolute atomic E-state index is 5.57. The maximum Gasteiger partial charge on any atom is 0.0870 e. The Balaban J connectivity index is 2.55. The Morgan fingerprint density at radius 1 is 1.46 bits per heavy atom. The molecule has 13 heavy (non-hydrogen) atoms. The van der Waals surface area contributed by atoms with Gasteiger partial charge in [-0.05, 0) is 25.2 Å². The molecule has 0 radical (unpaired) electrons. The Labute approximate surface area is 86.5 Å². The van der Waals surface area contributed by atoms with Crippen molar-refractivity contribution in [2.24, 2.45) is 17.6 Å². The number of hydrogen-bond acceptors (Lipinski definition) is 2. The number of rotatable bonds is 2. The van der Waals surface area contributed by atoms with Gasteiger partial charge in [-0.1, -0.05) is 26.1 Å². The molecule has 1 aliphatic rings. The minimum atomic E-state index is 0.619. The van der Waals surface area contributed by atoms with Crippen LogP contribution in [0, 0.1) is 11.8 Å². The first-order valence-corrected chi connectivity index (χ1v) is 5.44. The largest absolute Gasteiger partial charge is 0.392 e. The number of likely N-dealkylation sites (tertiary alicyclic amines) is 1. The van der Waals surface area contributed by atoms with E-state index in [9.17, 15) is 0 Å². The summed E-state index contributed by atoms with van der Waals surface area (Å²) in [6, 6.07) is 0.623. The van der Waals surface area contributed by atoms with Crippen LogP contribution in [0.25, 0.3) is 0 Å². The number of nitrogens with two attached hydrogens (primary N) is 1. The summed E-state index contributed by atoms with van der Waals surface area (Å²) in [6.45, 7) is 8.81. The SMILES string of the molecule is CC1CC(C)C(C)N(CC(N)=S)C1. The van der Waals surface area contributed by atoms with Crippen molar-refractivity contribution in [3.05, 3.63) is 0 Å². The number of thiocarbonyl (C=S) groups is 1. The van der Waals surface area contributed by atoms with E-state index in [4.69, 9.17) is 18.0 Å². The Bertz CT molecular complexity index is 193. The molecule has 2 N–H and O–H groups in total. The summed E-state index contributed by atoms with van der Waals surface area (Å²) in [6.07, 6.45) is 1.33. The summed E-state index contributed by atoms with van der Waals surface area (Å²) in [4.78, 5) is 3.02. The van der Waals surface area contributed by atoms with Gasteiger partial charge in [-0.25, -0.2) is 0 Å². The number of nitrogens with zero attached hydrogens (tertiary/aromatic N) is 1. The molecule has 0 aliphatic carbocycles. The van der Waals surface area contributed by atoms with Crippen molar-refractivity contribution in [2.75, 3.05) is 13.1 Å². The third-order valence-corrected chi connectivity index (χ3v) is 3.21. The molecule has 0 amide bonds. The summed E-state index contributed by atoms with van der Waals surface area (Å²) in [7, 11) is 0. The Morgan fingerprint density at radius 3 is 2.62 bits per heavy atom. The lowest BCUT2D eigenvalue weighted by Gasteiger charge is -2.40. The maximum atomic E-state index is 5.57. The molecule has 1 fully saturated rings. The second-order valence-electron chi connectivity index (χ2n) is 4.45. The van der Waals surface area contributed by atoms with E-state index in [0.717, 1.165) is 24.9 Å². The van der Waals surface area contributed by atoms with Crippen LogP contribution in [0.1, 0.15) is 27.2 Å². The highest BCUT2D eigenvalue weighted by atomic mass is 32.1. The molecule has 0 aromatic heterocycles. The molecule has 0 aromatic rings. The van der Waals surface area contributed by atoms with Crippen molar-refractivity contribution >= 4 is 17.2 Å². The van der Waals surface area contributed by atoms with E-state index in [1.807, 2.05) is 0 Å². The molecular weight excluding hydrogens is 180 g/mol. The van der Waals surface area contributed by atoms with Crippen LogP contribution in [0.2, 0.25) is 0 Å². The second-order valence-corrected chi connectivity index (χ2v) is 4.98. The zero-order valence-electron chi connectivity index (χ0n) is 8.79. The van der Waals surface area contributed by atoms with Gasteiger partial charge >= 0.3 is 0 Å². The van der Waals surface area contributed by atoms with Crippen LogP contribution < -0.4 is 5.73 Å². The van der Waals surface area contributed by atoms with E-state index in [-0.39, 0.29) is 0 Å². The average molecular weight is 200 g/mol. The highest BCUT2D eigenvalue weighted by Gasteiger charge is 2.28. The number of hydrogen-bond donors (Lipinski definition) is 1. The molecule has 2 nitrogen and oxygen atoms in total. The molecule has 1 aliphatic heterocycles. The van der Waals surface area contributed by atoms with Gasteiger partial charge in [0, 0.05) is 19.1 Å². The predicted molar refractivity (Wildman–Crippen MR) is 60.8 cm³/mol. The molecule has 1 heterocycles. The Hall–Kier alpha value is -0.150. The zero-order chi connectivity index (χ0) is 10.0.